The van der Waals surface area contributed by atoms with E-state index < -0.39 is 0 Å². The van der Waals surface area contributed by atoms with Gasteiger partial charge in [-0.25, -0.2) is 4.98 Å². The Morgan fingerprint density at radius 1 is 1.28 bits per heavy atom. The molecule has 1 amide bonds. The van der Waals surface area contributed by atoms with E-state index >= 15 is 0 Å². The third-order valence-electron chi connectivity index (χ3n) is 3.89. The summed E-state index contributed by atoms with van der Waals surface area (Å²) in [5.74, 6) is 1.89. The average Bonchev–Trinajstić information content (AvgIpc) is 3.12. The van der Waals surface area contributed by atoms with Crippen molar-refractivity contribution in [2.75, 3.05) is 32.3 Å². The van der Waals surface area contributed by atoms with Crippen LogP contribution < -0.4 is 10.1 Å². The van der Waals surface area contributed by atoms with E-state index in [1.165, 1.54) is 11.8 Å². The Morgan fingerprint density at radius 3 is 2.83 bits per heavy atom. The molecule has 0 saturated heterocycles. The zero-order chi connectivity index (χ0) is 20.8. The van der Waals surface area contributed by atoms with Crippen LogP contribution in [-0.2, 0) is 10.5 Å². The van der Waals surface area contributed by atoms with Crippen LogP contribution in [0.2, 0.25) is 0 Å². The highest BCUT2D eigenvalue weighted by Crippen LogP contribution is 2.34. The lowest BCUT2D eigenvalue weighted by atomic mass is 10.2. The topological polar surface area (TPSA) is 54.5 Å². The molecule has 3 rings (SSSR count). The minimum Gasteiger partial charge on any atom is -0.496 e. The van der Waals surface area contributed by atoms with Gasteiger partial charge < -0.3 is 15.0 Å². The number of nitrogens with one attached hydrogen (secondary N) is 1. The zero-order valence-electron chi connectivity index (χ0n) is 16.3. The highest BCUT2D eigenvalue weighted by Gasteiger charge is 2.10. The fourth-order valence-corrected chi connectivity index (χ4v) is 5.32. The van der Waals surface area contributed by atoms with E-state index in [0.717, 1.165) is 37.3 Å². The highest BCUT2D eigenvalue weighted by atomic mass is 32.2. The number of thiazole rings is 1. The number of methoxy groups -OCH3 is 1. The predicted octanol–water partition coefficient (Wildman–Crippen LogP) is 5.12. The number of thiocarbonyl (C=S) groups is 1. The second-order valence-corrected chi connectivity index (χ2v) is 10.1. The number of carbonyl (C=O) groups excluding carboxylic acids is 1. The quantitative estimate of drug-likeness (QED) is 0.386. The number of hydrogen-bond donors (Lipinski definition) is 1. The van der Waals surface area contributed by atoms with Gasteiger partial charge >= 0.3 is 0 Å². The molecule has 29 heavy (non-hydrogen) atoms. The molecule has 0 saturated carbocycles. The number of para-hydroxylation sites is 1. The average molecular weight is 464 g/mol. The van der Waals surface area contributed by atoms with Gasteiger partial charge in [0.1, 0.15) is 10.1 Å². The summed E-state index contributed by atoms with van der Waals surface area (Å²) in [7, 11) is 5.42. The van der Waals surface area contributed by atoms with E-state index in [4.69, 9.17) is 17.0 Å². The first kappa shape index (κ1) is 21.9. The van der Waals surface area contributed by atoms with Crippen molar-refractivity contribution in [3.05, 3.63) is 48.0 Å². The van der Waals surface area contributed by atoms with Crippen LogP contribution in [0.1, 0.15) is 5.56 Å². The van der Waals surface area contributed by atoms with Crippen LogP contribution in [0.3, 0.4) is 0 Å². The summed E-state index contributed by atoms with van der Waals surface area (Å²) in [4.78, 5) is 18.7. The molecule has 0 bridgehead atoms. The van der Waals surface area contributed by atoms with Crippen LogP contribution in [0, 0.1) is 0 Å². The Kier molecular flexibility index (Phi) is 7.77. The molecule has 0 unspecified atom stereocenters. The molecule has 1 heterocycles. The summed E-state index contributed by atoms with van der Waals surface area (Å²) in [5.41, 5.74) is 2.84. The monoisotopic (exact) mass is 463 g/mol. The van der Waals surface area contributed by atoms with Crippen molar-refractivity contribution in [1.82, 2.24) is 9.88 Å². The van der Waals surface area contributed by atoms with Crippen molar-refractivity contribution in [1.29, 1.82) is 0 Å². The number of nitrogens with zero attached hydrogens (tertiary/aromatic N) is 2. The number of amides is 1. The summed E-state index contributed by atoms with van der Waals surface area (Å²) in [6.07, 6.45) is 0. The molecule has 3 aromatic rings. The van der Waals surface area contributed by atoms with Crippen molar-refractivity contribution in [3.63, 3.8) is 0 Å². The van der Waals surface area contributed by atoms with Gasteiger partial charge in [-0.1, -0.05) is 53.9 Å². The van der Waals surface area contributed by atoms with Gasteiger partial charge in [0.25, 0.3) is 0 Å². The fraction of sp³-hybridized carbons (Fsp3) is 0.250. The smallest absolute Gasteiger partial charge is 0.234 e. The summed E-state index contributed by atoms with van der Waals surface area (Å²) in [6.45, 7) is 0. The molecule has 0 aliphatic heterocycles. The molecule has 5 nitrogen and oxygen atoms in total. The molecule has 9 heteroatoms. The second-order valence-electron chi connectivity index (χ2n) is 6.26. The lowest BCUT2D eigenvalue weighted by Gasteiger charge is -2.12. The van der Waals surface area contributed by atoms with E-state index in [9.17, 15) is 4.79 Å². The number of rotatable bonds is 7. The lowest BCUT2D eigenvalue weighted by Crippen LogP contribution is -2.20. The van der Waals surface area contributed by atoms with E-state index in [1.807, 2.05) is 55.4 Å². The predicted molar refractivity (Wildman–Crippen MR) is 130 cm³/mol. The number of ether oxygens (including phenoxy) is 1. The lowest BCUT2D eigenvalue weighted by molar-refractivity contribution is -0.113. The Labute approximate surface area is 188 Å². The molecule has 0 atom stereocenters. The Morgan fingerprint density at radius 2 is 2.07 bits per heavy atom. The fourth-order valence-electron chi connectivity index (χ4n) is 2.46. The van der Waals surface area contributed by atoms with Crippen LogP contribution >= 0.6 is 47.1 Å². The van der Waals surface area contributed by atoms with Gasteiger partial charge in [-0.3, -0.25) is 4.79 Å². The van der Waals surface area contributed by atoms with E-state index in [0.29, 0.717) is 4.32 Å². The number of anilines is 1. The number of benzene rings is 2. The summed E-state index contributed by atoms with van der Waals surface area (Å²) >= 11 is 9.84. The minimum atomic E-state index is -0.0752. The van der Waals surface area contributed by atoms with E-state index in [2.05, 4.69) is 16.4 Å². The molecule has 1 aromatic heterocycles. The summed E-state index contributed by atoms with van der Waals surface area (Å²) in [5, 5.41) is 2.93. The molecule has 1 N–H and O–H groups in total. The molecule has 2 aromatic carbocycles. The largest absolute Gasteiger partial charge is 0.496 e. The number of thioether (sulfide) groups is 2. The molecule has 152 valence electrons. The molecule has 0 fully saturated rings. The molecule has 0 radical (unpaired) electrons. The first-order chi connectivity index (χ1) is 14.0. The first-order valence-corrected chi connectivity index (χ1v) is 11.9. The van der Waals surface area contributed by atoms with Crippen molar-refractivity contribution >= 4 is 73.2 Å². The normalized spacial score (nSPS) is 10.7. The van der Waals surface area contributed by atoms with Crippen molar-refractivity contribution in [3.8, 4) is 5.75 Å². The number of aromatic nitrogens is 1. The van der Waals surface area contributed by atoms with Crippen LogP contribution in [-0.4, -0.2) is 47.1 Å². The van der Waals surface area contributed by atoms with E-state index in [1.54, 1.807) is 30.2 Å². The molecule has 0 aliphatic rings. The van der Waals surface area contributed by atoms with Crippen LogP contribution in [0.4, 0.5) is 5.69 Å². The number of fused-ring (bicyclic) bond motifs is 1. The SMILES string of the molecule is COc1ccccc1CSc1nc2ccc(NC(=O)CSC(=S)N(C)C)cc2s1. The highest BCUT2D eigenvalue weighted by molar-refractivity contribution is 8.23. The van der Waals surface area contributed by atoms with Gasteiger partial charge in [-0.2, -0.15) is 0 Å². The molecular weight excluding hydrogens is 443 g/mol. The third-order valence-corrected chi connectivity index (χ3v) is 7.84. The Balaban J connectivity index is 1.62. The molecule has 0 spiro atoms. The minimum absolute atomic E-state index is 0.0752. The number of carbonyl (C=O) groups is 1. The maximum atomic E-state index is 12.2. The first-order valence-electron chi connectivity index (χ1n) is 8.75. The van der Waals surface area contributed by atoms with Crippen molar-refractivity contribution in [2.45, 2.75) is 10.1 Å². The van der Waals surface area contributed by atoms with Gasteiger partial charge in [0.05, 0.1) is 23.1 Å². The van der Waals surface area contributed by atoms with Crippen LogP contribution in [0.25, 0.3) is 10.2 Å². The Bertz CT molecular complexity index is 1020. The van der Waals surface area contributed by atoms with Crippen molar-refractivity contribution < 1.29 is 9.53 Å². The van der Waals surface area contributed by atoms with Crippen LogP contribution in [0.15, 0.2) is 46.8 Å². The molecular formula is C20H21N3O2S4. The standard InChI is InChI=1S/C20H21N3O2S4/c1-23(2)20(26)28-12-18(24)21-14-8-9-15-17(10-14)29-19(22-15)27-11-13-6-4-5-7-16(13)25-3/h4-10H,11-12H2,1-3H3,(H,21,24). The number of hydrogen-bond acceptors (Lipinski definition) is 7. The van der Waals surface area contributed by atoms with E-state index in [-0.39, 0.29) is 11.7 Å². The zero-order valence-corrected chi connectivity index (χ0v) is 19.6. The van der Waals surface area contributed by atoms with Crippen molar-refractivity contribution in [2.24, 2.45) is 0 Å². The van der Waals surface area contributed by atoms with Gasteiger partial charge in [0, 0.05) is 31.1 Å². The van der Waals surface area contributed by atoms with Gasteiger partial charge in [0.15, 0.2) is 4.34 Å². The Hall–Kier alpha value is -1.81. The third kappa shape index (κ3) is 6.08. The second kappa shape index (κ2) is 10.3. The molecule has 0 aliphatic carbocycles. The maximum absolute atomic E-state index is 12.2. The summed E-state index contributed by atoms with van der Waals surface area (Å²) < 4.78 is 8.13. The van der Waals surface area contributed by atoms with Gasteiger partial charge in [0.2, 0.25) is 5.91 Å². The summed E-state index contributed by atoms with van der Waals surface area (Å²) in [6, 6.07) is 13.8. The van der Waals surface area contributed by atoms with Crippen LogP contribution in [0.5, 0.6) is 5.75 Å². The van der Waals surface area contributed by atoms with Gasteiger partial charge in [-0.05, 0) is 24.3 Å². The van der Waals surface area contributed by atoms with Gasteiger partial charge in [-0.15, -0.1) is 11.3 Å². The maximum Gasteiger partial charge on any atom is 0.234 e.